The van der Waals surface area contributed by atoms with Crippen LogP contribution in [0.15, 0.2) is 0 Å². The second kappa shape index (κ2) is 7.59. The Morgan fingerprint density at radius 1 is 1.19 bits per heavy atom. The third kappa shape index (κ3) is 4.19. The van der Waals surface area contributed by atoms with E-state index in [4.69, 9.17) is 0 Å². The molecule has 2 rings (SSSR count). The number of likely N-dealkylation sites (N-methyl/N-ethyl adjacent to an activating group) is 1. The van der Waals surface area contributed by atoms with Gasteiger partial charge in [-0.05, 0) is 44.7 Å². The van der Waals surface area contributed by atoms with E-state index in [1.807, 2.05) is 4.90 Å². The Balaban J connectivity index is 1.95. The summed E-state index contributed by atoms with van der Waals surface area (Å²) in [7, 11) is 0. The molecular formula is C17H32N2O2. The number of amides is 1. The molecule has 1 saturated heterocycles. The third-order valence-corrected chi connectivity index (χ3v) is 5.29. The van der Waals surface area contributed by atoms with Gasteiger partial charge in [0.05, 0.1) is 0 Å². The topological polar surface area (TPSA) is 43.8 Å². The molecule has 0 radical (unpaired) electrons. The lowest BCUT2D eigenvalue weighted by Crippen LogP contribution is -2.59. The maximum absolute atomic E-state index is 12.7. The number of carbonyl (C=O) groups excluding carboxylic acids is 1. The molecule has 122 valence electrons. The molecule has 4 heteroatoms. The van der Waals surface area contributed by atoms with Crippen LogP contribution in [0.1, 0.15) is 58.8 Å². The van der Waals surface area contributed by atoms with Crippen LogP contribution in [-0.4, -0.2) is 59.1 Å². The van der Waals surface area contributed by atoms with Gasteiger partial charge in [-0.3, -0.25) is 4.79 Å². The van der Waals surface area contributed by atoms with Crippen LogP contribution in [0, 0.1) is 5.92 Å². The maximum atomic E-state index is 12.7. The first kappa shape index (κ1) is 16.8. The first-order valence-corrected chi connectivity index (χ1v) is 8.83. The molecule has 4 nitrogen and oxygen atoms in total. The molecule has 0 aromatic carbocycles. The lowest BCUT2D eigenvalue weighted by Gasteiger charge is -2.42. The van der Waals surface area contributed by atoms with Crippen molar-refractivity contribution in [2.75, 3.05) is 32.7 Å². The zero-order valence-electron chi connectivity index (χ0n) is 13.8. The molecule has 0 aromatic rings. The van der Waals surface area contributed by atoms with Gasteiger partial charge in [-0.1, -0.05) is 33.1 Å². The smallest absolute Gasteiger partial charge is 0.255 e. The predicted octanol–water partition coefficient (Wildman–Crippen LogP) is 2.26. The van der Waals surface area contributed by atoms with Gasteiger partial charge in [0.15, 0.2) is 5.60 Å². The predicted molar refractivity (Wildman–Crippen MR) is 85.1 cm³/mol. The number of piperidine rings is 1. The molecule has 0 aromatic heterocycles. The summed E-state index contributed by atoms with van der Waals surface area (Å²) in [6, 6.07) is 0. The molecule has 1 amide bonds. The Morgan fingerprint density at radius 3 is 2.48 bits per heavy atom. The van der Waals surface area contributed by atoms with Crippen molar-refractivity contribution in [1.29, 1.82) is 0 Å². The average Bonchev–Trinajstić information content (AvgIpc) is 2.51. The number of likely N-dealkylation sites (tertiary alicyclic amines) is 1. The fraction of sp³-hybridized carbons (Fsp3) is 0.941. The van der Waals surface area contributed by atoms with Gasteiger partial charge in [-0.25, -0.2) is 0 Å². The lowest BCUT2D eigenvalue weighted by molar-refractivity contribution is -0.160. The van der Waals surface area contributed by atoms with Crippen molar-refractivity contribution >= 4 is 5.91 Å². The summed E-state index contributed by atoms with van der Waals surface area (Å²) < 4.78 is 0. The maximum Gasteiger partial charge on any atom is 0.255 e. The highest BCUT2D eigenvalue weighted by molar-refractivity contribution is 5.86. The van der Waals surface area contributed by atoms with E-state index in [0.29, 0.717) is 18.9 Å². The van der Waals surface area contributed by atoms with Crippen LogP contribution in [0.25, 0.3) is 0 Å². The summed E-state index contributed by atoms with van der Waals surface area (Å²) in [6.07, 6.45) is 7.99. The normalized spacial score (nSPS) is 28.4. The van der Waals surface area contributed by atoms with E-state index in [1.165, 1.54) is 32.1 Å². The summed E-state index contributed by atoms with van der Waals surface area (Å²) in [5.41, 5.74) is -1.15. The molecule has 1 aliphatic heterocycles. The van der Waals surface area contributed by atoms with Crippen molar-refractivity contribution in [1.82, 2.24) is 9.80 Å². The summed E-state index contributed by atoms with van der Waals surface area (Å²) in [4.78, 5) is 16.8. The van der Waals surface area contributed by atoms with Gasteiger partial charge in [-0.2, -0.15) is 0 Å². The molecular weight excluding hydrogens is 264 g/mol. The van der Waals surface area contributed by atoms with E-state index in [1.54, 1.807) is 0 Å². The number of hydrogen-bond acceptors (Lipinski definition) is 3. The minimum absolute atomic E-state index is 0.0220. The molecule has 21 heavy (non-hydrogen) atoms. The monoisotopic (exact) mass is 296 g/mol. The zero-order valence-corrected chi connectivity index (χ0v) is 13.8. The van der Waals surface area contributed by atoms with Crippen molar-refractivity contribution in [3.63, 3.8) is 0 Å². The van der Waals surface area contributed by atoms with Crippen LogP contribution >= 0.6 is 0 Å². The molecule has 1 saturated carbocycles. The van der Waals surface area contributed by atoms with E-state index >= 15 is 0 Å². The molecule has 1 heterocycles. The minimum Gasteiger partial charge on any atom is -0.379 e. The van der Waals surface area contributed by atoms with Crippen molar-refractivity contribution < 1.29 is 9.90 Å². The Morgan fingerprint density at radius 2 is 1.86 bits per heavy atom. The third-order valence-electron chi connectivity index (χ3n) is 5.29. The van der Waals surface area contributed by atoms with Gasteiger partial charge >= 0.3 is 0 Å². The Kier molecular flexibility index (Phi) is 6.06. The quantitative estimate of drug-likeness (QED) is 0.817. The van der Waals surface area contributed by atoms with Crippen molar-refractivity contribution in [2.24, 2.45) is 5.92 Å². The van der Waals surface area contributed by atoms with Crippen LogP contribution in [-0.2, 0) is 4.79 Å². The Bertz CT molecular complexity index is 338. The summed E-state index contributed by atoms with van der Waals surface area (Å²) in [5, 5.41) is 10.8. The SMILES string of the molecule is CCN(CC)CC1(O)CCCN(CC2CCCCC2)C1=O. The second-order valence-corrected chi connectivity index (χ2v) is 6.85. The molecule has 1 atom stereocenters. The minimum atomic E-state index is -1.15. The van der Waals surface area contributed by atoms with Crippen LogP contribution in [0.4, 0.5) is 0 Å². The molecule has 1 N–H and O–H groups in total. The Labute approximate surface area is 129 Å². The van der Waals surface area contributed by atoms with E-state index in [2.05, 4.69) is 18.7 Å². The lowest BCUT2D eigenvalue weighted by atomic mass is 9.86. The van der Waals surface area contributed by atoms with Crippen LogP contribution in [0.2, 0.25) is 0 Å². The van der Waals surface area contributed by atoms with Crippen molar-refractivity contribution in [3.05, 3.63) is 0 Å². The summed E-state index contributed by atoms with van der Waals surface area (Å²) in [5.74, 6) is 0.629. The van der Waals surface area contributed by atoms with Gasteiger partial charge in [-0.15, -0.1) is 0 Å². The molecule has 1 unspecified atom stereocenters. The first-order valence-electron chi connectivity index (χ1n) is 8.83. The second-order valence-electron chi connectivity index (χ2n) is 6.85. The van der Waals surface area contributed by atoms with Crippen molar-refractivity contribution in [3.8, 4) is 0 Å². The van der Waals surface area contributed by atoms with Crippen LogP contribution in [0.3, 0.4) is 0 Å². The van der Waals surface area contributed by atoms with Gasteiger partial charge in [0.1, 0.15) is 0 Å². The number of hydrogen-bond donors (Lipinski definition) is 1. The molecule has 0 spiro atoms. The van der Waals surface area contributed by atoms with E-state index in [9.17, 15) is 9.90 Å². The van der Waals surface area contributed by atoms with Crippen molar-refractivity contribution in [2.45, 2.75) is 64.4 Å². The highest BCUT2D eigenvalue weighted by Crippen LogP contribution is 2.29. The fourth-order valence-corrected chi connectivity index (χ4v) is 3.88. The Hall–Kier alpha value is -0.610. The summed E-state index contributed by atoms with van der Waals surface area (Å²) in [6.45, 7) is 8.11. The van der Waals surface area contributed by atoms with Gasteiger partial charge < -0.3 is 14.9 Å². The van der Waals surface area contributed by atoms with Gasteiger partial charge in [0.2, 0.25) is 0 Å². The molecule has 2 aliphatic rings. The number of aliphatic hydroxyl groups is 1. The highest BCUT2D eigenvalue weighted by atomic mass is 16.3. The molecule has 2 fully saturated rings. The van der Waals surface area contributed by atoms with E-state index in [0.717, 1.165) is 32.6 Å². The van der Waals surface area contributed by atoms with Crippen LogP contribution < -0.4 is 0 Å². The van der Waals surface area contributed by atoms with Gasteiger partial charge in [0.25, 0.3) is 5.91 Å². The zero-order chi connectivity index (χ0) is 15.3. The summed E-state index contributed by atoms with van der Waals surface area (Å²) >= 11 is 0. The van der Waals surface area contributed by atoms with Crippen LogP contribution in [0.5, 0.6) is 0 Å². The number of nitrogens with zero attached hydrogens (tertiary/aromatic N) is 2. The fourth-order valence-electron chi connectivity index (χ4n) is 3.88. The van der Waals surface area contributed by atoms with E-state index in [-0.39, 0.29) is 5.91 Å². The largest absolute Gasteiger partial charge is 0.379 e. The van der Waals surface area contributed by atoms with Gasteiger partial charge in [0, 0.05) is 19.6 Å². The number of carbonyl (C=O) groups is 1. The molecule has 1 aliphatic carbocycles. The standard InChI is InChI=1S/C17H32N2O2/c1-3-18(4-2)14-17(21)11-8-12-19(16(17)20)13-15-9-6-5-7-10-15/h15,21H,3-14H2,1-2H3. The average molecular weight is 296 g/mol. The van der Waals surface area contributed by atoms with E-state index < -0.39 is 5.60 Å². The highest BCUT2D eigenvalue weighted by Gasteiger charge is 2.43. The first-order chi connectivity index (χ1) is 10.1. The number of rotatable bonds is 6. The molecule has 0 bridgehead atoms.